The molecule has 1 aromatic rings. The summed E-state index contributed by atoms with van der Waals surface area (Å²) in [6, 6.07) is 7.63. The zero-order chi connectivity index (χ0) is 15.1. The fraction of sp³-hybridized carbons (Fsp3) is 0.467. The van der Waals surface area contributed by atoms with E-state index in [1.54, 1.807) is 6.07 Å². The monoisotopic (exact) mass is 293 g/mol. The van der Waals surface area contributed by atoms with Crippen molar-refractivity contribution in [1.82, 2.24) is 4.90 Å². The van der Waals surface area contributed by atoms with Gasteiger partial charge in [-0.3, -0.25) is 9.69 Å². The van der Waals surface area contributed by atoms with Crippen LogP contribution < -0.4 is 11.1 Å². The largest absolute Gasteiger partial charge is 0.389 e. The number of nitrogens with two attached hydrogens (primary N) is 1. The van der Waals surface area contributed by atoms with Crippen molar-refractivity contribution in [2.24, 2.45) is 5.73 Å². The van der Waals surface area contributed by atoms with Crippen molar-refractivity contribution in [3.8, 4) is 0 Å². The molecule has 0 aliphatic carbocycles. The molecule has 0 aromatic heterocycles. The minimum Gasteiger partial charge on any atom is -0.389 e. The van der Waals surface area contributed by atoms with Crippen molar-refractivity contribution >= 4 is 28.8 Å². The van der Waals surface area contributed by atoms with E-state index < -0.39 is 0 Å². The first kappa shape index (κ1) is 16.6. The zero-order valence-electron chi connectivity index (χ0n) is 12.3. The van der Waals surface area contributed by atoms with Gasteiger partial charge in [0, 0.05) is 17.3 Å². The van der Waals surface area contributed by atoms with Gasteiger partial charge >= 0.3 is 0 Å². The fourth-order valence-corrected chi connectivity index (χ4v) is 2.07. The first-order valence-electron chi connectivity index (χ1n) is 6.87. The van der Waals surface area contributed by atoms with Crippen LogP contribution in [0.2, 0.25) is 0 Å². The average Bonchev–Trinajstić information content (AvgIpc) is 2.38. The van der Waals surface area contributed by atoms with Gasteiger partial charge in [0.1, 0.15) is 4.99 Å². The molecule has 5 heteroatoms. The van der Waals surface area contributed by atoms with Crippen LogP contribution in [0.15, 0.2) is 24.3 Å². The third-order valence-electron chi connectivity index (χ3n) is 3.02. The topological polar surface area (TPSA) is 58.4 Å². The highest BCUT2D eigenvalue weighted by atomic mass is 32.1. The van der Waals surface area contributed by atoms with Crippen LogP contribution in [-0.4, -0.2) is 34.9 Å². The normalized spacial score (nSPS) is 10.8. The molecule has 0 heterocycles. The van der Waals surface area contributed by atoms with Crippen molar-refractivity contribution in [3.05, 3.63) is 29.8 Å². The average molecular weight is 293 g/mol. The Hall–Kier alpha value is -1.46. The molecular formula is C15H23N3OS. The Morgan fingerprint density at radius 2 is 2.15 bits per heavy atom. The Kier molecular flexibility index (Phi) is 6.61. The molecule has 20 heavy (non-hydrogen) atoms. The lowest BCUT2D eigenvalue weighted by molar-refractivity contribution is -0.117. The summed E-state index contributed by atoms with van der Waals surface area (Å²) in [7, 11) is 0. The highest BCUT2D eigenvalue weighted by Crippen LogP contribution is 2.11. The Labute approximate surface area is 126 Å². The summed E-state index contributed by atoms with van der Waals surface area (Å²) in [4.78, 5) is 14.5. The molecule has 0 aliphatic heterocycles. The molecule has 1 rings (SSSR count). The van der Waals surface area contributed by atoms with Gasteiger partial charge in [-0.15, -0.1) is 0 Å². The van der Waals surface area contributed by atoms with Crippen molar-refractivity contribution in [2.75, 3.05) is 18.4 Å². The SMILES string of the molecule is CCCN(CC(=O)Nc1cccc(C(N)=S)c1)C(C)C. The van der Waals surface area contributed by atoms with Crippen molar-refractivity contribution in [2.45, 2.75) is 33.2 Å². The smallest absolute Gasteiger partial charge is 0.238 e. The van der Waals surface area contributed by atoms with E-state index >= 15 is 0 Å². The molecule has 4 nitrogen and oxygen atoms in total. The number of nitrogens with one attached hydrogen (secondary N) is 1. The maximum Gasteiger partial charge on any atom is 0.238 e. The second-order valence-electron chi connectivity index (χ2n) is 5.06. The second-order valence-corrected chi connectivity index (χ2v) is 5.50. The zero-order valence-corrected chi connectivity index (χ0v) is 13.2. The van der Waals surface area contributed by atoms with E-state index in [1.807, 2.05) is 18.2 Å². The predicted molar refractivity (Wildman–Crippen MR) is 88.0 cm³/mol. The van der Waals surface area contributed by atoms with Crippen LogP contribution in [0.4, 0.5) is 5.69 Å². The van der Waals surface area contributed by atoms with E-state index in [1.165, 1.54) is 0 Å². The van der Waals surface area contributed by atoms with Crippen LogP contribution in [0.1, 0.15) is 32.8 Å². The summed E-state index contributed by atoms with van der Waals surface area (Å²) in [5, 5.41) is 2.89. The Balaban J connectivity index is 2.65. The van der Waals surface area contributed by atoms with Crippen LogP contribution in [0.3, 0.4) is 0 Å². The van der Waals surface area contributed by atoms with Gasteiger partial charge in [0.2, 0.25) is 5.91 Å². The number of thiocarbonyl (C=S) groups is 1. The Bertz CT molecular complexity index is 474. The molecule has 0 fully saturated rings. The number of amides is 1. The molecule has 0 aliphatic rings. The molecule has 110 valence electrons. The fourth-order valence-electron chi connectivity index (χ4n) is 1.94. The van der Waals surface area contributed by atoms with Crippen LogP contribution >= 0.6 is 12.2 Å². The van der Waals surface area contributed by atoms with Crippen molar-refractivity contribution in [1.29, 1.82) is 0 Å². The van der Waals surface area contributed by atoms with Gasteiger partial charge < -0.3 is 11.1 Å². The van der Waals surface area contributed by atoms with Crippen LogP contribution in [0.5, 0.6) is 0 Å². The van der Waals surface area contributed by atoms with Crippen molar-refractivity contribution in [3.63, 3.8) is 0 Å². The van der Waals surface area contributed by atoms with Gasteiger partial charge in [-0.05, 0) is 38.9 Å². The molecule has 0 radical (unpaired) electrons. The summed E-state index contributed by atoms with van der Waals surface area (Å²) in [5.41, 5.74) is 7.06. The molecular weight excluding hydrogens is 270 g/mol. The molecule has 0 unspecified atom stereocenters. The third kappa shape index (κ3) is 5.27. The van der Waals surface area contributed by atoms with Gasteiger partial charge in [-0.2, -0.15) is 0 Å². The van der Waals surface area contributed by atoms with E-state index in [2.05, 4.69) is 31.0 Å². The lowest BCUT2D eigenvalue weighted by Crippen LogP contribution is -2.38. The molecule has 3 N–H and O–H groups in total. The summed E-state index contributed by atoms with van der Waals surface area (Å²) in [6.07, 6.45) is 1.03. The summed E-state index contributed by atoms with van der Waals surface area (Å²) >= 11 is 4.93. The molecule has 0 saturated carbocycles. The van der Waals surface area contributed by atoms with E-state index in [0.29, 0.717) is 17.6 Å². The lowest BCUT2D eigenvalue weighted by Gasteiger charge is -2.25. The van der Waals surface area contributed by atoms with Gasteiger partial charge in [-0.25, -0.2) is 0 Å². The molecule has 1 amide bonds. The van der Waals surface area contributed by atoms with E-state index in [9.17, 15) is 4.79 Å². The standard InChI is InChI=1S/C15H23N3OS/c1-4-8-18(11(2)3)10-14(19)17-13-7-5-6-12(9-13)15(16)20/h5-7,9,11H,4,8,10H2,1-3H3,(H2,16,20)(H,17,19). The minimum absolute atomic E-state index is 0.0211. The Morgan fingerprint density at radius 3 is 2.70 bits per heavy atom. The Morgan fingerprint density at radius 1 is 1.45 bits per heavy atom. The maximum absolute atomic E-state index is 12.1. The van der Waals surface area contributed by atoms with Gasteiger partial charge in [-0.1, -0.05) is 31.3 Å². The number of hydrogen-bond donors (Lipinski definition) is 2. The van der Waals surface area contributed by atoms with Gasteiger partial charge in [0.25, 0.3) is 0 Å². The molecule has 0 saturated heterocycles. The first-order valence-corrected chi connectivity index (χ1v) is 7.28. The van der Waals surface area contributed by atoms with Crippen molar-refractivity contribution < 1.29 is 4.79 Å². The number of nitrogens with zero attached hydrogens (tertiary/aromatic N) is 1. The van der Waals surface area contributed by atoms with Crippen LogP contribution in [0, 0.1) is 0 Å². The number of carbonyl (C=O) groups excluding carboxylic acids is 1. The first-order chi connectivity index (χ1) is 9.43. The molecule has 0 atom stereocenters. The number of anilines is 1. The van der Waals surface area contributed by atoms with E-state index in [-0.39, 0.29) is 5.91 Å². The quantitative estimate of drug-likeness (QED) is 0.758. The molecule has 0 spiro atoms. The maximum atomic E-state index is 12.1. The summed E-state index contributed by atoms with van der Waals surface area (Å²) in [6.45, 7) is 7.60. The highest BCUT2D eigenvalue weighted by molar-refractivity contribution is 7.80. The predicted octanol–water partition coefficient (Wildman–Crippen LogP) is 2.38. The third-order valence-corrected chi connectivity index (χ3v) is 3.25. The number of hydrogen-bond acceptors (Lipinski definition) is 3. The highest BCUT2D eigenvalue weighted by Gasteiger charge is 2.13. The minimum atomic E-state index is -0.0211. The van der Waals surface area contributed by atoms with Crippen LogP contribution in [-0.2, 0) is 4.79 Å². The summed E-state index contributed by atoms with van der Waals surface area (Å²) in [5.74, 6) is -0.0211. The van der Waals surface area contributed by atoms with E-state index in [0.717, 1.165) is 24.2 Å². The summed E-state index contributed by atoms with van der Waals surface area (Å²) < 4.78 is 0. The molecule has 0 bridgehead atoms. The van der Waals surface area contributed by atoms with Gasteiger partial charge in [0.15, 0.2) is 0 Å². The number of rotatable bonds is 7. The van der Waals surface area contributed by atoms with E-state index in [4.69, 9.17) is 18.0 Å². The number of benzene rings is 1. The van der Waals surface area contributed by atoms with Crippen LogP contribution in [0.25, 0.3) is 0 Å². The second kappa shape index (κ2) is 7.97. The van der Waals surface area contributed by atoms with Gasteiger partial charge in [0.05, 0.1) is 6.54 Å². The lowest BCUT2D eigenvalue weighted by atomic mass is 10.2. The number of carbonyl (C=O) groups is 1. The molecule has 1 aromatic carbocycles.